The van der Waals surface area contributed by atoms with E-state index in [0.717, 1.165) is 82.5 Å². The molecule has 0 radical (unpaired) electrons. The monoisotopic (exact) mass is 1710 g/mol. The van der Waals surface area contributed by atoms with Crippen LogP contribution in [0.2, 0.25) is 0 Å². The number of alkyl halides is 1. The second kappa shape index (κ2) is 54.3. The third-order valence-electron chi connectivity index (χ3n) is 19.1. The van der Waals surface area contributed by atoms with E-state index in [-0.39, 0.29) is 83.2 Å². The molecule has 6 heterocycles. The molecule has 10 unspecified atom stereocenters. The van der Waals surface area contributed by atoms with E-state index in [1.54, 1.807) is 65.1 Å². The van der Waals surface area contributed by atoms with Crippen molar-refractivity contribution in [1.29, 1.82) is 0 Å². The molecule has 26 heteroatoms. The lowest BCUT2D eigenvalue weighted by molar-refractivity contribution is -0.170. The number of hydroxylamine groups is 4. The van der Waals surface area contributed by atoms with E-state index in [4.69, 9.17) is 9.68 Å². The van der Waals surface area contributed by atoms with Gasteiger partial charge >= 0.3 is 0 Å². The van der Waals surface area contributed by atoms with Crippen molar-refractivity contribution in [2.45, 2.75) is 191 Å². The number of Topliss-reactive ketones (excluding diaryl/α,β-unsaturated/α-hetero) is 1. The van der Waals surface area contributed by atoms with Gasteiger partial charge in [0.25, 0.3) is 5.91 Å². The number of ketones is 1. The zero-order chi connectivity index (χ0) is 87.5. The Bertz CT molecular complexity index is 4150. The number of aryl methyl sites for hydroxylation is 6. The van der Waals surface area contributed by atoms with Gasteiger partial charge in [0.2, 0.25) is 23.6 Å². The number of hydrogen-bond acceptors (Lipinski definition) is 14. The van der Waals surface area contributed by atoms with Gasteiger partial charge in [-0.3, -0.25) is 38.4 Å². The summed E-state index contributed by atoms with van der Waals surface area (Å²) >= 11 is 2.15. The van der Waals surface area contributed by atoms with Gasteiger partial charge in [-0.2, -0.15) is 0 Å². The normalized spacial score (nSPS) is 19.2. The molecule has 5 amide bonds. The fourth-order valence-corrected chi connectivity index (χ4v) is 12.2. The number of hydrogen-bond donors (Lipinski definition) is 2. The van der Waals surface area contributed by atoms with E-state index < -0.39 is 0 Å². The summed E-state index contributed by atoms with van der Waals surface area (Å²) in [4.78, 5) is 110. The average Bonchev–Trinajstić information content (AvgIpc) is 1.79. The first-order chi connectivity index (χ1) is 55.8. The minimum absolute atomic E-state index is 0.0353. The predicted octanol–water partition coefficient (Wildman–Crippen LogP) is 16.9. The Morgan fingerprint density at radius 2 is 0.681 bits per heavy atom. The Labute approximate surface area is 707 Å². The van der Waals surface area contributed by atoms with E-state index in [9.17, 15) is 28.8 Å². The topological polar surface area (TPSA) is 262 Å². The maximum Gasteiger partial charge on any atom is 0.269 e. The van der Waals surface area contributed by atoms with Crippen molar-refractivity contribution in [2.24, 2.45) is 71.9 Å². The first-order valence-electron chi connectivity index (χ1n) is 40.9. The van der Waals surface area contributed by atoms with Crippen LogP contribution in [0.15, 0.2) is 172 Å². The number of nitrogens with zero attached hydrogens (tertiary/aromatic N) is 15. The second-order valence-electron chi connectivity index (χ2n) is 27.3. The zero-order valence-corrected chi connectivity index (χ0v) is 76.8. The first-order valence-corrected chi connectivity index (χ1v) is 43.1. The molecule has 638 valence electrons. The molecule has 5 fully saturated rings. The Kier molecular flexibility index (Phi) is 47.9. The Hall–Kier alpha value is -9.67. The number of carbonyl (C=O) groups excluding carboxylic acids is 6. The van der Waals surface area contributed by atoms with Crippen LogP contribution in [0.1, 0.15) is 241 Å². The van der Waals surface area contributed by atoms with Gasteiger partial charge < -0.3 is 42.9 Å². The van der Waals surface area contributed by atoms with Gasteiger partial charge in [-0.05, 0) is 87.5 Å². The Balaban J connectivity index is 0.000000461. The lowest BCUT2D eigenvalue weighted by Crippen LogP contribution is -2.31. The van der Waals surface area contributed by atoms with Crippen LogP contribution in [0, 0.1) is 29.6 Å². The van der Waals surface area contributed by atoms with Gasteiger partial charge in [0.1, 0.15) is 5.78 Å². The minimum atomic E-state index is -0.224. The third kappa shape index (κ3) is 33.1. The molecule has 2 N–H and O–H groups in total. The summed E-state index contributed by atoms with van der Waals surface area (Å²) in [7, 11) is 19.6. The van der Waals surface area contributed by atoms with Crippen molar-refractivity contribution in [1.82, 2.24) is 83.0 Å². The highest BCUT2D eigenvalue weighted by Crippen LogP contribution is 2.51. The fraction of sp³-hybridized carbons (Fsp3) is 0.511. The lowest BCUT2D eigenvalue weighted by atomic mass is 10.1. The van der Waals surface area contributed by atoms with Crippen molar-refractivity contribution >= 4 is 64.0 Å². The van der Waals surface area contributed by atoms with Gasteiger partial charge in [0.05, 0.1) is 104 Å². The molecule has 6 aromatic heterocycles. The highest BCUT2D eigenvalue weighted by atomic mass is 127. The molecule has 13 atom stereocenters. The molecule has 5 saturated carbocycles. The smallest absolute Gasteiger partial charge is 0.269 e. The second-order valence-corrected chi connectivity index (χ2v) is 27.3. The molecular formula is C90H138IN17O8. The van der Waals surface area contributed by atoms with Crippen molar-refractivity contribution < 1.29 is 38.4 Å². The molecule has 3 aromatic carbocycles. The molecular weight excluding hydrogens is 1570 g/mol. The van der Waals surface area contributed by atoms with E-state index >= 15 is 0 Å². The highest BCUT2D eigenvalue weighted by Gasteiger charge is 2.49. The summed E-state index contributed by atoms with van der Waals surface area (Å²) in [6.45, 7) is 31.8. The number of benzene rings is 3. The molecule has 9 aromatic rings. The van der Waals surface area contributed by atoms with E-state index in [1.165, 1.54) is 30.9 Å². The number of carbonyl (C=O) groups is 6. The fourth-order valence-electron chi connectivity index (χ4n) is 12.2. The van der Waals surface area contributed by atoms with Crippen LogP contribution in [0.25, 0.3) is 6.08 Å². The first kappa shape index (κ1) is 102. The summed E-state index contributed by atoms with van der Waals surface area (Å²) in [6.07, 6.45) is 30.0. The van der Waals surface area contributed by atoms with Crippen LogP contribution in [0.3, 0.4) is 0 Å². The van der Waals surface area contributed by atoms with E-state index in [0.29, 0.717) is 29.5 Å². The Morgan fingerprint density at radius 1 is 0.405 bits per heavy atom. The van der Waals surface area contributed by atoms with Crippen LogP contribution >= 0.6 is 22.6 Å². The van der Waals surface area contributed by atoms with Gasteiger partial charge in [-0.25, -0.2) is 40.0 Å². The maximum atomic E-state index is 12.6. The van der Waals surface area contributed by atoms with Crippen LogP contribution in [-0.4, -0.2) is 148 Å². The molecule has 0 spiro atoms. The van der Waals surface area contributed by atoms with Gasteiger partial charge in [-0.15, -0.1) is 0 Å². The van der Waals surface area contributed by atoms with Crippen LogP contribution in [-0.2, 0) is 80.7 Å². The molecule has 5 aliphatic carbocycles. The van der Waals surface area contributed by atoms with Gasteiger partial charge in [0.15, 0.2) is 0 Å². The number of rotatable bonds is 20. The summed E-state index contributed by atoms with van der Waals surface area (Å²) in [6, 6.07) is 30.4. The molecule has 0 bridgehead atoms. The minimum Gasteiger partial charge on any atom is -0.349 e. The molecule has 25 nitrogen and oxygen atoms in total. The maximum absolute atomic E-state index is 12.6. The lowest BCUT2D eigenvalue weighted by Gasteiger charge is -2.25. The largest absolute Gasteiger partial charge is 0.349 e. The molecule has 116 heavy (non-hydrogen) atoms. The standard InChI is InChI=1S/C17H21N3O.2C16H19N3O.C10H15N3O2.C9H13N3O2.C9H12N2O.6C2H6.CH3I/c1-12(13-7-5-4-6-8-13)20(3)17(21)15-9-14(15)16-10-19(2)11-18-16;2*1-11(12-6-4-3-5-7-12)18-16(20)14-8-13(14)15-9-19(2)10-17-15;1-12-5-9(11-6-12)7-4-8(7)10(14)13(2)15-3;1-11-6-8(10-7-11)4-5-9(13)12(2)14-3;1-6(12)7-3-8(7)9-4-11(2)5-10-9;7*1-2/h4-8,10-12,14-15H,9H2,1-3H3;2*3-7,9-11,13-14H,8H2,1-2H3,(H,18,20);5-8H,4H2,1-3H3;4-7H,1-3H3;4-5,7-8H,3H2,1-2H3;6*1-2H3;1H3/b;;;;5-4+;;;;;;;;/t12?,14-,15?;11?,13-,14?;;;;7?,8-;;;;;;;/m11...1......./s1. The number of likely N-dealkylation sites (N-methyl/N-ethyl adjacent to an activating group) is 1. The number of nitrogens with one attached hydrogen (secondary N) is 2. The van der Waals surface area contributed by atoms with Crippen molar-refractivity contribution in [2.75, 3.05) is 40.3 Å². The van der Waals surface area contributed by atoms with Gasteiger partial charge in [0, 0.05) is 166 Å². The summed E-state index contributed by atoms with van der Waals surface area (Å²) < 4.78 is 11.4. The van der Waals surface area contributed by atoms with Crippen LogP contribution in [0.5, 0.6) is 0 Å². The third-order valence-corrected chi connectivity index (χ3v) is 19.1. The highest BCUT2D eigenvalue weighted by molar-refractivity contribution is 14.1. The van der Waals surface area contributed by atoms with E-state index in [1.807, 2.05) is 300 Å². The summed E-state index contributed by atoms with van der Waals surface area (Å²) in [5.74, 6) is 2.71. The molecule has 14 rings (SSSR count). The predicted molar refractivity (Wildman–Crippen MR) is 474 cm³/mol. The number of amides is 5. The number of imidazole rings is 6. The quantitative estimate of drug-likeness (QED) is 0.0311. The Morgan fingerprint density at radius 3 is 0.966 bits per heavy atom. The SMILES string of the molecule is CC.CC.CC.CC.CC.CC.CC(=O)C1C[C@H]1c1cn(C)cn1.CC(NC(=O)C1CC1c1cn(C)cn1)c1ccccc1.CC(NC(=O)C1C[C@H]1c1cn(C)cn1)c1ccccc1.CC(c1ccccc1)N(C)C(=O)C1C[C@H]1c1cn(C)cn1.CI.CON(C)C(=O)/C=C/c1cn(C)cn1.CON(C)C(=O)C1CC1c1cn(C)cn1. The van der Waals surface area contributed by atoms with Crippen molar-refractivity contribution in [3.63, 3.8) is 0 Å². The molecule has 5 aliphatic rings. The number of aromatic nitrogens is 12. The van der Waals surface area contributed by atoms with E-state index in [2.05, 4.69) is 82.2 Å². The summed E-state index contributed by atoms with van der Waals surface area (Å²) in [5, 5.41) is 8.61. The summed E-state index contributed by atoms with van der Waals surface area (Å²) in [5.41, 5.74) is 9.34. The van der Waals surface area contributed by atoms with Crippen molar-refractivity contribution in [3.8, 4) is 0 Å². The molecule has 0 saturated heterocycles. The zero-order valence-electron chi connectivity index (χ0n) is 74.6. The van der Waals surface area contributed by atoms with Crippen LogP contribution < -0.4 is 10.6 Å². The van der Waals surface area contributed by atoms with Crippen LogP contribution in [0.4, 0.5) is 0 Å². The van der Waals surface area contributed by atoms with Crippen molar-refractivity contribution in [3.05, 3.63) is 223 Å². The average molecular weight is 1710 g/mol. The van der Waals surface area contributed by atoms with Gasteiger partial charge in [-0.1, -0.05) is 197 Å². The number of halogens is 1. The molecule has 0 aliphatic heterocycles.